The SMILES string of the molecule is CNC(=O)C1CCC(OC)(OCCN2C(=O)CC(SC[C@H](NC(=O)CC[C@@H](NC(=O)c3ccc(NCc4cnc5nc(N)[nH]c(=O)c5n4)cc3)C(=O)O)C(=O)O)C2=O)CC1. The molecule has 22 nitrogen and oxygen atoms in total. The van der Waals surface area contributed by atoms with Crippen LogP contribution in [0, 0.1) is 5.92 Å². The van der Waals surface area contributed by atoms with Gasteiger partial charge in [0.05, 0.1) is 36.8 Å². The third kappa shape index (κ3) is 11.5. The van der Waals surface area contributed by atoms with Crippen LogP contribution in [0.1, 0.15) is 61.0 Å². The highest BCUT2D eigenvalue weighted by Gasteiger charge is 2.42. The number of carboxylic acids is 2. The van der Waals surface area contributed by atoms with Crippen LogP contribution in [0.25, 0.3) is 11.2 Å². The number of nitrogens with one attached hydrogen (secondary N) is 5. The number of nitrogens with two attached hydrogens (primary N) is 1. The molecule has 1 saturated carbocycles. The van der Waals surface area contributed by atoms with Crippen molar-refractivity contribution in [3.05, 3.63) is 52.1 Å². The summed E-state index contributed by atoms with van der Waals surface area (Å²) >= 11 is 0.897. The molecule has 5 amide bonds. The molecule has 0 bridgehead atoms. The number of carboxylic acid groups (broad SMARTS) is 2. The molecular weight excluding hydrogens is 809 g/mol. The monoisotopic (exact) mass is 854 g/mol. The minimum absolute atomic E-state index is 0.00623. The first-order valence-corrected chi connectivity index (χ1v) is 19.9. The lowest BCUT2D eigenvalue weighted by molar-refractivity contribution is -0.242. The highest BCUT2D eigenvalue weighted by Crippen LogP contribution is 2.36. The number of imide groups is 1. The molecule has 0 spiro atoms. The number of fused-ring (bicyclic) bond motifs is 1. The van der Waals surface area contributed by atoms with Gasteiger partial charge in [0.25, 0.3) is 11.5 Å². The number of anilines is 2. The summed E-state index contributed by atoms with van der Waals surface area (Å²) < 4.78 is 11.6. The molecule has 3 atom stereocenters. The minimum Gasteiger partial charge on any atom is -0.480 e. The molecule has 1 aliphatic heterocycles. The van der Waals surface area contributed by atoms with Crippen LogP contribution in [-0.4, -0.2) is 133 Å². The molecule has 23 heteroatoms. The zero-order valence-corrected chi connectivity index (χ0v) is 33.5. The number of likely N-dealkylation sites (tertiary alicyclic amines) is 1. The van der Waals surface area contributed by atoms with Crippen molar-refractivity contribution in [2.24, 2.45) is 5.92 Å². The molecule has 1 aliphatic carbocycles. The summed E-state index contributed by atoms with van der Waals surface area (Å²) in [6, 6.07) is 3.05. The Balaban J connectivity index is 1.04. The first kappa shape index (κ1) is 44.9. The molecule has 1 aromatic carbocycles. The minimum atomic E-state index is -1.49. The van der Waals surface area contributed by atoms with E-state index in [1.165, 1.54) is 25.4 Å². The topological polar surface area (TPSA) is 327 Å². The lowest BCUT2D eigenvalue weighted by atomic mass is 9.84. The van der Waals surface area contributed by atoms with Crippen LogP contribution in [0.4, 0.5) is 11.6 Å². The van der Waals surface area contributed by atoms with Crippen molar-refractivity contribution >= 4 is 76.0 Å². The molecule has 2 aromatic heterocycles. The molecule has 2 aliphatic rings. The van der Waals surface area contributed by atoms with Crippen molar-refractivity contribution in [1.29, 1.82) is 0 Å². The Morgan fingerprint density at radius 2 is 1.73 bits per heavy atom. The Labute approximate surface area is 346 Å². The van der Waals surface area contributed by atoms with Gasteiger partial charge in [-0.1, -0.05) is 0 Å². The number of carbonyl (C=O) groups excluding carboxylic acids is 5. The summed E-state index contributed by atoms with van der Waals surface area (Å²) in [5.41, 5.74) is 6.20. The number of aromatic amines is 1. The molecular formula is C37H46N10O12S. The number of rotatable bonds is 20. The second-order valence-corrected chi connectivity index (χ2v) is 15.3. The van der Waals surface area contributed by atoms with E-state index in [1.807, 2.05) is 0 Å². The number of hydrogen-bond donors (Lipinski definition) is 8. The van der Waals surface area contributed by atoms with Gasteiger partial charge in [-0.3, -0.25) is 38.7 Å². The van der Waals surface area contributed by atoms with Gasteiger partial charge < -0.3 is 46.7 Å². The molecule has 1 unspecified atom stereocenters. The largest absolute Gasteiger partial charge is 0.480 e. The number of carbonyl (C=O) groups is 7. The number of amides is 5. The van der Waals surface area contributed by atoms with Gasteiger partial charge in [-0.15, -0.1) is 11.8 Å². The molecule has 3 aromatic rings. The van der Waals surface area contributed by atoms with Gasteiger partial charge >= 0.3 is 11.9 Å². The summed E-state index contributed by atoms with van der Waals surface area (Å²) in [4.78, 5) is 115. The Kier molecular flexibility index (Phi) is 15.1. The van der Waals surface area contributed by atoms with Crippen LogP contribution in [-0.2, 0) is 44.8 Å². The van der Waals surface area contributed by atoms with E-state index >= 15 is 0 Å². The number of hydrogen-bond acceptors (Lipinski definition) is 16. The summed E-state index contributed by atoms with van der Waals surface area (Å²) in [5, 5.41) is 29.0. The molecule has 9 N–H and O–H groups in total. The quantitative estimate of drug-likeness (QED) is 0.0529. The number of ether oxygens (including phenoxy) is 2. The van der Waals surface area contributed by atoms with Gasteiger partial charge in [0, 0.05) is 62.8 Å². The molecule has 0 radical (unpaired) electrons. The second kappa shape index (κ2) is 20.2. The van der Waals surface area contributed by atoms with Crippen molar-refractivity contribution in [2.75, 3.05) is 44.1 Å². The number of methoxy groups -OCH3 is 1. The Morgan fingerprint density at radius 1 is 1.03 bits per heavy atom. The zero-order chi connectivity index (χ0) is 43.6. The average molecular weight is 855 g/mol. The molecule has 1 saturated heterocycles. The van der Waals surface area contributed by atoms with E-state index in [9.17, 15) is 48.6 Å². The van der Waals surface area contributed by atoms with Gasteiger partial charge in [0.2, 0.25) is 29.6 Å². The zero-order valence-electron chi connectivity index (χ0n) is 32.7. The normalized spacial score (nSPS) is 20.0. The van der Waals surface area contributed by atoms with E-state index < -0.39 is 70.7 Å². The van der Waals surface area contributed by atoms with Gasteiger partial charge in [-0.25, -0.2) is 19.6 Å². The maximum atomic E-state index is 13.1. The Morgan fingerprint density at radius 3 is 2.38 bits per heavy atom. The summed E-state index contributed by atoms with van der Waals surface area (Å²) in [7, 11) is 3.07. The predicted octanol–water partition coefficient (Wildman–Crippen LogP) is -0.404. The highest BCUT2D eigenvalue weighted by atomic mass is 32.2. The van der Waals surface area contributed by atoms with E-state index in [0.717, 1.165) is 16.7 Å². The second-order valence-electron chi connectivity index (χ2n) is 14.0. The standard InChI is InChI=1S/C37H46N10O12S/c1-39-30(50)20-9-11-37(58-2,12-10-20)59-14-13-47-27(49)15-25(33(47)53)60-18-24(35(56)57)43-26(48)8-7-23(34(54)55)44-31(51)19-3-5-21(6-4-19)40-16-22-17-41-29-28(42-22)32(52)46-36(38)45-29/h3-6,17,20,23-25,40H,7-16,18H2,1-2H3,(H,39,50)(H,43,48)(H,44,51)(H,54,55)(H,56,57)(H3,38,41,45,46,52)/t20?,23-,24+,25?,37?/m1/s1. The third-order valence-corrected chi connectivity index (χ3v) is 11.4. The van der Waals surface area contributed by atoms with Crippen LogP contribution in [0.2, 0.25) is 0 Å². The number of aromatic nitrogens is 4. The fourth-order valence-corrected chi connectivity index (χ4v) is 7.87. The van der Waals surface area contributed by atoms with Gasteiger partial charge in [0.1, 0.15) is 12.1 Å². The number of nitrogen functional groups attached to an aromatic ring is 1. The van der Waals surface area contributed by atoms with E-state index in [2.05, 4.69) is 41.2 Å². The molecule has 5 rings (SSSR count). The van der Waals surface area contributed by atoms with E-state index in [-0.39, 0.29) is 72.8 Å². The maximum absolute atomic E-state index is 13.1. The smallest absolute Gasteiger partial charge is 0.327 e. The lowest BCUT2D eigenvalue weighted by Crippen LogP contribution is -2.45. The van der Waals surface area contributed by atoms with Crippen molar-refractivity contribution in [3.63, 3.8) is 0 Å². The highest BCUT2D eigenvalue weighted by molar-refractivity contribution is 8.00. The van der Waals surface area contributed by atoms with E-state index in [4.69, 9.17) is 15.2 Å². The fourth-order valence-electron chi connectivity index (χ4n) is 6.69. The lowest BCUT2D eigenvalue weighted by Gasteiger charge is -2.38. The summed E-state index contributed by atoms with van der Waals surface area (Å²) in [5.74, 6) is -6.85. The van der Waals surface area contributed by atoms with Crippen molar-refractivity contribution in [3.8, 4) is 0 Å². The van der Waals surface area contributed by atoms with Gasteiger partial charge in [-0.2, -0.15) is 4.98 Å². The molecule has 2 fully saturated rings. The average Bonchev–Trinajstić information content (AvgIpc) is 3.50. The van der Waals surface area contributed by atoms with Crippen LogP contribution in [0.3, 0.4) is 0 Å². The first-order chi connectivity index (χ1) is 28.6. The number of H-pyrrole nitrogens is 1. The number of nitrogens with zero attached hydrogens (tertiary/aromatic N) is 4. The number of thioether (sulfide) groups is 1. The van der Waals surface area contributed by atoms with Crippen LogP contribution in [0.5, 0.6) is 0 Å². The van der Waals surface area contributed by atoms with Crippen molar-refractivity contribution in [2.45, 2.75) is 74.6 Å². The molecule has 322 valence electrons. The van der Waals surface area contributed by atoms with Gasteiger partial charge in [0.15, 0.2) is 17.0 Å². The number of aliphatic carboxylic acids is 2. The van der Waals surface area contributed by atoms with Crippen molar-refractivity contribution in [1.82, 2.24) is 40.8 Å². The van der Waals surface area contributed by atoms with Crippen LogP contribution >= 0.6 is 11.8 Å². The Bertz CT molecular complexity index is 2160. The van der Waals surface area contributed by atoms with Gasteiger partial charge in [-0.05, 0) is 43.5 Å². The van der Waals surface area contributed by atoms with Crippen LogP contribution in [0.15, 0.2) is 35.3 Å². The first-order valence-electron chi connectivity index (χ1n) is 18.9. The molecule has 3 heterocycles. The molecule has 60 heavy (non-hydrogen) atoms. The predicted molar refractivity (Wildman–Crippen MR) is 213 cm³/mol. The Hall–Kier alpha value is -6.20. The van der Waals surface area contributed by atoms with E-state index in [0.29, 0.717) is 37.1 Å². The fraction of sp³-hybridized carbons (Fsp3) is 0.486. The maximum Gasteiger partial charge on any atom is 0.327 e. The summed E-state index contributed by atoms with van der Waals surface area (Å²) in [6.45, 7) is 0.106. The third-order valence-electron chi connectivity index (χ3n) is 10.1. The van der Waals surface area contributed by atoms with Crippen LogP contribution < -0.4 is 32.6 Å². The van der Waals surface area contributed by atoms with Crippen molar-refractivity contribution < 1.29 is 53.2 Å². The van der Waals surface area contributed by atoms with E-state index in [1.54, 1.807) is 19.2 Å². The number of benzene rings is 1. The summed E-state index contributed by atoms with van der Waals surface area (Å²) in [6.07, 6.45) is 2.44.